The van der Waals surface area contributed by atoms with Gasteiger partial charge in [-0.15, -0.1) is 0 Å². The van der Waals surface area contributed by atoms with Gasteiger partial charge >= 0.3 is 12.2 Å². The number of likely N-dealkylation sites (tertiary alicyclic amines) is 1. The standard InChI is InChI=1S/C20H26ClF4N3O3Si/c1-19(2,3)32(4,5)31-13-8-9-28(16(13)17(29)20(23,24)25)18(30)27-12-7-6-11(10-26)14(21)15(12)22/h6-7,13,16-17,29H,8-9H2,1-5H3,(H,27,30)/t13-,16-,17+/m0/s1. The van der Waals surface area contributed by atoms with E-state index in [9.17, 15) is 27.5 Å². The minimum atomic E-state index is -4.99. The molecule has 1 saturated heterocycles. The Morgan fingerprint density at radius 3 is 2.47 bits per heavy atom. The summed E-state index contributed by atoms with van der Waals surface area (Å²) in [7, 11) is -2.53. The quantitative estimate of drug-likeness (QED) is 0.440. The van der Waals surface area contributed by atoms with Gasteiger partial charge in [0.05, 0.1) is 28.4 Å². The summed E-state index contributed by atoms with van der Waals surface area (Å²) in [5, 5.41) is 20.3. The van der Waals surface area contributed by atoms with Gasteiger partial charge in [0.2, 0.25) is 0 Å². The van der Waals surface area contributed by atoms with Crippen LogP contribution in [-0.4, -0.2) is 55.3 Å². The number of aliphatic hydroxyl groups is 1. The number of rotatable bonds is 4. The van der Waals surface area contributed by atoms with Gasteiger partial charge in [0.25, 0.3) is 0 Å². The molecule has 0 saturated carbocycles. The van der Waals surface area contributed by atoms with E-state index in [4.69, 9.17) is 21.3 Å². The van der Waals surface area contributed by atoms with Gasteiger partial charge in [-0.1, -0.05) is 32.4 Å². The number of hydrogen-bond donors (Lipinski definition) is 2. The first-order chi connectivity index (χ1) is 14.5. The average molecular weight is 496 g/mol. The topological polar surface area (TPSA) is 85.6 Å². The molecular formula is C20H26ClF4N3O3Si. The predicted octanol–water partition coefficient (Wildman–Crippen LogP) is 5.27. The molecule has 1 fully saturated rings. The lowest BCUT2D eigenvalue weighted by molar-refractivity contribution is -0.222. The maximum absolute atomic E-state index is 14.4. The predicted molar refractivity (Wildman–Crippen MR) is 114 cm³/mol. The summed E-state index contributed by atoms with van der Waals surface area (Å²) in [6, 6.07) is 1.20. The number of anilines is 1. The van der Waals surface area contributed by atoms with Gasteiger partial charge < -0.3 is 19.7 Å². The van der Waals surface area contributed by atoms with Crippen LogP contribution in [0.15, 0.2) is 12.1 Å². The molecule has 0 spiro atoms. The van der Waals surface area contributed by atoms with E-state index in [1.54, 1.807) is 6.07 Å². The minimum Gasteiger partial charge on any atom is -0.412 e. The molecule has 2 N–H and O–H groups in total. The normalized spacial score (nSPS) is 20.8. The monoisotopic (exact) mass is 495 g/mol. The van der Waals surface area contributed by atoms with Crippen LogP contribution < -0.4 is 5.32 Å². The molecule has 1 aliphatic rings. The van der Waals surface area contributed by atoms with Crippen LogP contribution in [0.1, 0.15) is 32.8 Å². The molecule has 0 radical (unpaired) electrons. The second kappa shape index (κ2) is 9.17. The number of halogens is 5. The van der Waals surface area contributed by atoms with Crippen LogP contribution in [0.5, 0.6) is 0 Å². The minimum absolute atomic E-state index is 0.0777. The van der Waals surface area contributed by atoms with Crippen LogP contribution in [0.2, 0.25) is 23.2 Å². The van der Waals surface area contributed by atoms with Gasteiger partial charge in [0.1, 0.15) is 6.07 Å². The number of hydrogen-bond acceptors (Lipinski definition) is 4. The number of aliphatic hydroxyl groups excluding tert-OH is 1. The first-order valence-corrected chi connectivity index (χ1v) is 13.2. The Morgan fingerprint density at radius 2 is 1.97 bits per heavy atom. The number of amides is 2. The van der Waals surface area contributed by atoms with E-state index in [-0.39, 0.29) is 23.6 Å². The molecule has 1 heterocycles. The van der Waals surface area contributed by atoms with Crippen molar-refractivity contribution in [1.29, 1.82) is 5.26 Å². The Kier molecular flexibility index (Phi) is 7.56. The van der Waals surface area contributed by atoms with E-state index >= 15 is 0 Å². The molecule has 1 aliphatic heterocycles. The zero-order valence-corrected chi connectivity index (χ0v) is 20.1. The van der Waals surface area contributed by atoms with Gasteiger partial charge in [0.15, 0.2) is 20.2 Å². The Balaban J connectivity index is 2.34. The highest BCUT2D eigenvalue weighted by atomic mass is 35.5. The summed E-state index contributed by atoms with van der Waals surface area (Å²) in [6.45, 7) is 9.36. The van der Waals surface area contributed by atoms with Gasteiger partial charge in [-0.05, 0) is 36.7 Å². The molecular weight excluding hydrogens is 470 g/mol. The zero-order valence-electron chi connectivity index (χ0n) is 18.3. The molecule has 2 rings (SSSR count). The average Bonchev–Trinajstić information content (AvgIpc) is 3.06. The van der Waals surface area contributed by atoms with Gasteiger partial charge in [-0.25, -0.2) is 9.18 Å². The maximum atomic E-state index is 14.4. The number of carbonyl (C=O) groups excluding carboxylic acids is 1. The maximum Gasteiger partial charge on any atom is 0.416 e. The summed E-state index contributed by atoms with van der Waals surface area (Å²) >= 11 is 5.75. The first kappa shape index (κ1) is 26.4. The SMILES string of the molecule is CC(C)(C)[Si](C)(C)O[C@H]1CCN(C(=O)Nc2ccc(C#N)c(Cl)c2F)[C@@H]1[C@@H](O)C(F)(F)F. The van der Waals surface area contributed by atoms with Gasteiger partial charge in [-0.2, -0.15) is 18.4 Å². The Labute approximate surface area is 190 Å². The van der Waals surface area contributed by atoms with Crippen LogP contribution in [0.25, 0.3) is 0 Å². The lowest BCUT2D eigenvalue weighted by atomic mass is 10.1. The smallest absolute Gasteiger partial charge is 0.412 e. The van der Waals surface area contributed by atoms with Crippen LogP contribution in [-0.2, 0) is 4.43 Å². The number of carbonyl (C=O) groups is 1. The van der Waals surface area contributed by atoms with Crippen molar-refractivity contribution >= 4 is 31.6 Å². The van der Waals surface area contributed by atoms with Crippen LogP contribution in [0.4, 0.5) is 28.0 Å². The molecule has 0 aromatic heterocycles. The van der Waals surface area contributed by atoms with Crippen LogP contribution in [0, 0.1) is 17.1 Å². The molecule has 1 aromatic carbocycles. The summed E-state index contributed by atoms with van der Waals surface area (Å²) in [5.74, 6) is -1.08. The number of nitrogens with zero attached hydrogens (tertiary/aromatic N) is 2. The molecule has 178 valence electrons. The van der Waals surface area contributed by atoms with Crippen molar-refractivity contribution < 1.29 is 31.9 Å². The number of alkyl halides is 3. The molecule has 32 heavy (non-hydrogen) atoms. The van der Waals surface area contributed by atoms with E-state index in [1.807, 2.05) is 33.9 Å². The Morgan fingerprint density at radius 1 is 1.38 bits per heavy atom. The van der Waals surface area contributed by atoms with E-state index in [2.05, 4.69) is 5.32 Å². The molecule has 12 heteroatoms. The lowest BCUT2D eigenvalue weighted by Gasteiger charge is -2.41. The summed E-state index contributed by atoms with van der Waals surface area (Å²) in [5.41, 5.74) is -0.551. The lowest BCUT2D eigenvalue weighted by Crippen LogP contribution is -2.57. The van der Waals surface area contributed by atoms with Crippen molar-refractivity contribution in [3.63, 3.8) is 0 Å². The second-order valence-electron chi connectivity index (χ2n) is 9.21. The fraction of sp³-hybridized carbons (Fsp3) is 0.600. The van der Waals surface area contributed by atoms with Crippen molar-refractivity contribution in [3.05, 3.63) is 28.5 Å². The highest BCUT2D eigenvalue weighted by molar-refractivity contribution is 6.74. The molecule has 0 unspecified atom stereocenters. The van der Waals surface area contributed by atoms with Crippen molar-refractivity contribution in [2.75, 3.05) is 11.9 Å². The molecule has 1 aromatic rings. The van der Waals surface area contributed by atoms with Gasteiger partial charge in [-0.3, -0.25) is 0 Å². The molecule has 0 aliphatic carbocycles. The summed E-state index contributed by atoms with van der Waals surface area (Å²) < 4.78 is 60.9. The Hall–Kier alpha value is -1.87. The third-order valence-electron chi connectivity index (χ3n) is 6.01. The number of urea groups is 1. The number of benzene rings is 1. The van der Waals surface area contributed by atoms with Gasteiger partial charge in [0, 0.05) is 6.54 Å². The highest BCUT2D eigenvalue weighted by Crippen LogP contribution is 2.41. The fourth-order valence-electron chi connectivity index (χ4n) is 3.19. The number of nitriles is 1. The summed E-state index contributed by atoms with van der Waals surface area (Å²) in [6.07, 6.45) is -8.81. The van der Waals surface area contributed by atoms with E-state index < -0.39 is 55.3 Å². The van der Waals surface area contributed by atoms with Crippen LogP contribution in [0.3, 0.4) is 0 Å². The highest BCUT2D eigenvalue weighted by Gasteiger charge is 2.54. The third kappa shape index (κ3) is 5.36. The molecule has 3 atom stereocenters. The zero-order chi connectivity index (χ0) is 24.6. The summed E-state index contributed by atoms with van der Waals surface area (Å²) in [4.78, 5) is 13.6. The largest absolute Gasteiger partial charge is 0.416 e. The second-order valence-corrected chi connectivity index (χ2v) is 14.3. The van der Waals surface area contributed by atoms with Crippen molar-refractivity contribution in [2.24, 2.45) is 0 Å². The van der Waals surface area contributed by atoms with Crippen LogP contribution >= 0.6 is 11.6 Å². The first-order valence-electron chi connectivity index (χ1n) is 9.89. The van der Waals surface area contributed by atoms with E-state index in [0.29, 0.717) is 0 Å². The van der Waals surface area contributed by atoms with E-state index in [1.165, 1.54) is 6.07 Å². The third-order valence-corrected chi connectivity index (χ3v) is 10.9. The number of nitrogens with one attached hydrogen (secondary N) is 1. The fourth-order valence-corrected chi connectivity index (χ4v) is 4.77. The van der Waals surface area contributed by atoms with Crippen molar-refractivity contribution in [1.82, 2.24) is 4.90 Å². The van der Waals surface area contributed by atoms with E-state index in [0.717, 1.165) is 11.0 Å². The molecule has 0 bridgehead atoms. The van der Waals surface area contributed by atoms with Crippen molar-refractivity contribution in [3.8, 4) is 6.07 Å². The molecule has 2 amide bonds. The Bertz CT molecular complexity index is 915. The molecule has 6 nitrogen and oxygen atoms in total. The van der Waals surface area contributed by atoms with Crippen molar-refractivity contribution in [2.45, 2.75) is 69.8 Å².